The average molecular weight is 481 g/mol. The Bertz CT molecular complexity index is 1260. The summed E-state index contributed by atoms with van der Waals surface area (Å²) < 4.78 is 39.9. The summed E-state index contributed by atoms with van der Waals surface area (Å²) in [7, 11) is -3.97. The fourth-order valence-corrected chi connectivity index (χ4v) is 5.23. The van der Waals surface area contributed by atoms with Crippen LogP contribution < -0.4 is 19.1 Å². The number of sulfonamides is 1. The number of hydrogen-bond acceptors (Lipinski definition) is 5. The summed E-state index contributed by atoms with van der Waals surface area (Å²) in [6.07, 6.45) is 0.258. The van der Waals surface area contributed by atoms with Crippen molar-refractivity contribution in [1.29, 1.82) is 0 Å². The maximum absolute atomic E-state index is 13.6. The van der Waals surface area contributed by atoms with E-state index in [-0.39, 0.29) is 24.1 Å². The molecule has 34 heavy (non-hydrogen) atoms. The molecule has 0 aliphatic carbocycles. The molecule has 1 aliphatic rings. The third-order valence-corrected chi connectivity index (χ3v) is 7.41. The summed E-state index contributed by atoms with van der Waals surface area (Å²) in [5, 5.41) is 2.80. The van der Waals surface area contributed by atoms with Gasteiger partial charge >= 0.3 is 0 Å². The molecule has 3 aromatic carbocycles. The van der Waals surface area contributed by atoms with Crippen LogP contribution in [0.5, 0.6) is 11.5 Å². The minimum atomic E-state index is -3.97. The van der Waals surface area contributed by atoms with Crippen LogP contribution in [0.3, 0.4) is 0 Å². The van der Waals surface area contributed by atoms with E-state index in [0.717, 1.165) is 11.1 Å². The summed E-state index contributed by atoms with van der Waals surface area (Å²) in [5.41, 5.74) is 2.28. The predicted octanol–water partition coefficient (Wildman–Crippen LogP) is 3.71. The van der Waals surface area contributed by atoms with E-state index in [2.05, 4.69) is 5.32 Å². The van der Waals surface area contributed by atoms with E-state index < -0.39 is 15.9 Å². The van der Waals surface area contributed by atoms with E-state index in [1.54, 1.807) is 42.5 Å². The molecule has 1 heterocycles. The van der Waals surface area contributed by atoms with Gasteiger partial charge in [0.2, 0.25) is 5.91 Å². The number of para-hydroxylation sites is 3. The Labute approximate surface area is 200 Å². The molecule has 0 saturated carbocycles. The molecular weight excluding hydrogens is 452 g/mol. The van der Waals surface area contributed by atoms with E-state index in [1.165, 1.54) is 4.31 Å². The van der Waals surface area contributed by atoms with Crippen molar-refractivity contribution in [1.82, 2.24) is 5.32 Å². The zero-order valence-corrected chi connectivity index (χ0v) is 20.0. The summed E-state index contributed by atoms with van der Waals surface area (Å²) in [6.45, 7) is 3.98. The molecule has 0 spiro atoms. The second-order valence-electron chi connectivity index (χ2n) is 8.11. The van der Waals surface area contributed by atoms with E-state index in [0.29, 0.717) is 30.2 Å². The smallest absolute Gasteiger partial charge is 0.264 e. The number of hydrogen-bond donors (Lipinski definition) is 1. The third-order valence-electron chi connectivity index (χ3n) is 5.63. The Morgan fingerprint density at radius 1 is 1.00 bits per heavy atom. The van der Waals surface area contributed by atoms with E-state index in [1.807, 2.05) is 44.2 Å². The molecule has 4 rings (SSSR count). The number of rotatable bonds is 8. The SMILES string of the molecule is CCc1ccccc1N(CC(=O)NC[C@H]1COc2ccccc2O1)S(=O)(=O)c1ccc(C)cc1. The molecule has 0 unspecified atom stereocenters. The lowest BCUT2D eigenvalue weighted by Crippen LogP contribution is -2.45. The molecule has 0 saturated heterocycles. The van der Waals surface area contributed by atoms with Gasteiger partial charge in [0.05, 0.1) is 17.1 Å². The van der Waals surface area contributed by atoms with Crippen molar-refractivity contribution in [2.24, 2.45) is 0 Å². The van der Waals surface area contributed by atoms with Crippen LogP contribution in [-0.2, 0) is 21.2 Å². The van der Waals surface area contributed by atoms with Crippen LogP contribution in [0.1, 0.15) is 18.1 Å². The normalized spacial score (nSPS) is 14.9. The average Bonchev–Trinajstić information content (AvgIpc) is 2.86. The van der Waals surface area contributed by atoms with Crippen molar-refractivity contribution in [2.75, 3.05) is 24.0 Å². The second kappa shape index (κ2) is 10.2. The van der Waals surface area contributed by atoms with Gasteiger partial charge in [0, 0.05) is 0 Å². The van der Waals surface area contributed by atoms with Crippen molar-refractivity contribution >= 4 is 21.6 Å². The number of aryl methyl sites for hydroxylation is 2. The molecule has 0 aromatic heterocycles. The molecular formula is C26H28N2O5S. The van der Waals surface area contributed by atoms with Gasteiger partial charge in [0.15, 0.2) is 11.5 Å². The molecule has 1 N–H and O–H groups in total. The number of amides is 1. The third kappa shape index (κ3) is 5.17. The van der Waals surface area contributed by atoms with Gasteiger partial charge in [-0.25, -0.2) is 8.42 Å². The van der Waals surface area contributed by atoms with Crippen molar-refractivity contribution in [3.63, 3.8) is 0 Å². The maximum Gasteiger partial charge on any atom is 0.264 e. The van der Waals surface area contributed by atoms with Crippen molar-refractivity contribution in [3.8, 4) is 11.5 Å². The largest absolute Gasteiger partial charge is 0.486 e. The van der Waals surface area contributed by atoms with Gasteiger partial charge in [-0.1, -0.05) is 55.0 Å². The monoisotopic (exact) mass is 480 g/mol. The van der Waals surface area contributed by atoms with Crippen LogP contribution in [0, 0.1) is 6.92 Å². The molecule has 8 heteroatoms. The molecule has 1 aliphatic heterocycles. The quantitative estimate of drug-likeness (QED) is 0.531. The number of carbonyl (C=O) groups excluding carboxylic acids is 1. The molecule has 3 aromatic rings. The molecule has 7 nitrogen and oxygen atoms in total. The Morgan fingerprint density at radius 3 is 2.41 bits per heavy atom. The van der Waals surface area contributed by atoms with Crippen molar-refractivity contribution < 1.29 is 22.7 Å². The first-order valence-electron chi connectivity index (χ1n) is 11.2. The standard InChI is InChI=1S/C26H28N2O5S/c1-3-20-8-4-5-9-23(20)28(34(30,31)22-14-12-19(2)13-15-22)17-26(29)27-16-21-18-32-24-10-6-7-11-25(24)33-21/h4-15,21H,3,16-18H2,1-2H3,(H,27,29)/t21-/m0/s1. The van der Waals surface area contributed by atoms with Gasteiger partial charge < -0.3 is 14.8 Å². The number of benzene rings is 3. The number of anilines is 1. The molecule has 1 amide bonds. The molecule has 0 radical (unpaired) electrons. The van der Waals surface area contributed by atoms with Gasteiger partial charge in [0.25, 0.3) is 10.0 Å². The predicted molar refractivity (Wildman–Crippen MR) is 131 cm³/mol. The lowest BCUT2D eigenvalue weighted by atomic mass is 10.1. The topological polar surface area (TPSA) is 84.9 Å². The molecule has 0 bridgehead atoms. The Balaban J connectivity index is 1.53. The summed E-state index contributed by atoms with van der Waals surface area (Å²) >= 11 is 0. The van der Waals surface area contributed by atoms with Crippen LogP contribution >= 0.6 is 0 Å². The van der Waals surface area contributed by atoms with Crippen LogP contribution in [0.4, 0.5) is 5.69 Å². The van der Waals surface area contributed by atoms with E-state index >= 15 is 0 Å². The zero-order chi connectivity index (χ0) is 24.1. The Hall–Kier alpha value is -3.52. The highest BCUT2D eigenvalue weighted by Crippen LogP contribution is 2.31. The van der Waals surface area contributed by atoms with Gasteiger partial charge in [0.1, 0.15) is 19.3 Å². The first-order valence-corrected chi connectivity index (χ1v) is 12.6. The van der Waals surface area contributed by atoms with E-state index in [4.69, 9.17) is 9.47 Å². The van der Waals surface area contributed by atoms with Gasteiger partial charge in [-0.05, 0) is 49.2 Å². The van der Waals surface area contributed by atoms with E-state index in [9.17, 15) is 13.2 Å². The maximum atomic E-state index is 13.6. The highest BCUT2D eigenvalue weighted by Gasteiger charge is 2.29. The fourth-order valence-electron chi connectivity index (χ4n) is 3.77. The number of nitrogens with one attached hydrogen (secondary N) is 1. The number of nitrogens with zero attached hydrogens (tertiary/aromatic N) is 1. The molecule has 0 fully saturated rings. The number of ether oxygens (including phenoxy) is 2. The highest BCUT2D eigenvalue weighted by atomic mass is 32.2. The number of fused-ring (bicyclic) bond motifs is 1. The lowest BCUT2D eigenvalue weighted by molar-refractivity contribution is -0.120. The molecule has 1 atom stereocenters. The van der Waals surface area contributed by atoms with Crippen LogP contribution in [0.15, 0.2) is 77.7 Å². The highest BCUT2D eigenvalue weighted by molar-refractivity contribution is 7.92. The Morgan fingerprint density at radius 2 is 1.68 bits per heavy atom. The number of carbonyl (C=O) groups is 1. The summed E-state index contributed by atoms with van der Waals surface area (Å²) in [4.78, 5) is 13.1. The zero-order valence-electron chi connectivity index (χ0n) is 19.2. The summed E-state index contributed by atoms with van der Waals surface area (Å²) in [5.74, 6) is 0.856. The van der Waals surface area contributed by atoms with Crippen LogP contribution in [0.25, 0.3) is 0 Å². The minimum absolute atomic E-state index is 0.137. The van der Waals surface area contributed by atoms with Gasteiger partial charge in [-0.2, -0.15) is 0 Å². The van der Waals surface area contributed by atoms with Crippen LogP contribution in [0.2, 0.25) is 0 Å². The second-order valence-corrected chi connectivity index (χ2v) is 9.97. The Kier molecular flexibility index (Phi) is 7.07. The first kappa shape index (κ1) is 23.6. The van der Waals surface area contributed by atoms with Gasteiger partial charge in [-0.3, -0.25) is 9.10 Å². The van der Waals surface area contributed by atoms with Crippen molar-refractivity contribution in [2.45, 2.75) is 31.3 Å². The summed E-state index contributed by atoms with van der Waals surface area (Å²) in [6, 6.07) is 21.2. The molecule has 178 valence electrons. The lowest BCUT2D eigenvalue weighted by Gasteiger charge is -2.28. The van der Waals surface area contributed by atoms with Crippen LogP contribution in [-0.4, -0.2) is 40.1 Å². The first-order chi connectivity index (χ1) is 16.4. The fraction of sp³-hybridized carbons (Fsp3) is 0.269. The van der Waals surface area contributed by atoms with Crippen molar-refractivity contribution in [3.05, 3.63) is 83.9 Å². The van der Waals surface area contributed by atoms with Gasteiger partial charge in [-0.15, -0.1) is 0 Å². The minimum Gasteiger partial charge on any atom is -0.486 e.